The summed E-state index contributed by atoms with van der Waals surface area (Å²) in [7, 11) is 0. The van der Waals surface area contributed by atoms with Crippen molar-refractivity contribution in [2.75, 3.05) is 9.80 Å². The van der Waals surface area contributed by atoms with Crippen LogP contribution in [0, 0.1) is 13.8 Å². The lowest BCUT2D eigenvalue weighted by Crippen LogP contribution is -2.10. The van der Waals surface area contributed by atoms with E-state index in [0.29, 0.717) is 0 Å². The molecule has 0 N–H and O–H groups in total. The highest BCUT2D eigenvalue weighted by atomic mass is 15.1. The van der Waals surface area contributed by atoms with Crippen molar-refractivity contribution in [1.29, 1.82) is 0 Å². The summed E-state index contributed by atoms with van der Waals surface area (Å²) in [6.07, 6.45) is 0. The van der Waals surface area contributed by atoms with E-state index in [4.69, 9.17) is 0 Å². The van der Waals surface area contributed by atoms with E-state index in [1.807, 2.05) is 0 Å². The molecule has 3 nitrogen and oxygen atoms in total. The number of fused-ring (bicyclic) bond motifs is 5. The average molecular weight is 1010 g/mol. The normalized spacial score (nSPS) is 11.4. The van der Waals surface area contributed by atoms with E-state index in [1.54, 1.807) is 0 Å². The first kappa shape index (κ1) is 47.2. The maximum Gasteiger partial charge on any atom is 0.0541 e. The molecular weight excluding hydrogens is 955 g/mol. The fourth-order valence-corrected chi connectivity index (χ4v) is 12.1. The topological polar surface area (TPSA) is 11.4 Å². The summed E-state index contributed by atoms with van der Waals surface area (Å²) in [6, 6.07) is 109. The van der Waals surface area contributed by atoms with E-state index < -0.39 is 0 Å². The first-order valence-corrected chi connectivity index (χ1v) is 27.2. The van der Waals surface area contributed by atoms with E-state index in [0.717, 1.165) is 73.1 Å². The molecule has 0 fully saturated rings. The summed E-state index contributed by atoms with van der Waals surface area (Å²) in [6.45, 7) is 4.41. The molecule has 0 radical (unpaired) electrons. The number of aromatic nitrogens is 1. The number of para-hydroxylation sites is 4. The predicted molar refractivity (Wildman–Crippen MR) is 336 cm³/mol. The zero-order valence-electron chi connectivity index (χ0n) is 44.1. The third-order valence-electron chi connectivity index (χ3n) is 15.5. The maximum atomic E-state index is 2.46. The Kier molecular flexibility index (Phi) is 12.0. The molecule has 0 saturated heterocycles. The van der Waals surface area contributed by atoms with Gasteiger partial charge >= 0.3 is 0 Å². The van der Waals surface area contributed by atoms with Gasteiger partial charge in [0.15, 0.2) is 0 Å². The zero-order valence-corrected chi connectivity index (χ0v) is 44.1. The Balaban J connectivity index is 0.943. The number of benzene rings is 13. The van der Waals surface area contributed by atoms with E-state index >= 15 is 0 Å². The van der Waals surface area contributed by atoms with Crippen LogP contribution in [0.5, 0.6) is 0 Å². The lowest BCUT2D eigenvalue weighted by Gasteiger charge is -2.26. The molecule has 0 spiro atoms. The van der Waals surface area contributed by atoms with Gasteiger partial charge in [0.25, 0.3) is 0 Å². The third-order valence-corrected chi connectivity index (χ3v) is 15.5. The highest BCUT2D eigenvalue weighted by molar-refractivity contribution is 6.21. The van der Waals surface area contributed by atoms with Crippen LogP contribution in [-0.2, 0) is 0 Å². The molecule has 0 aliphatic carbocycles. The summed E-state index contributed by atoms with van der Waals surface area (Å²) in [4.78, 5) is 4.71. The largest absolute Gasteiger partial charge is 0.310 e. The van der Waals surface area contributed by atoms with Gasteiger partial charge in [-0.1, -0.05) is 188 Å². The van der Waals surface area contributed by atoms with Crippen LogP contribution in [0.25, 0.3) is 93.5 Å². The van der Waals surface area contributed by atoms with Gasteiger partial charge in [-0.05, 0) is 200 Å². The Morgan fingerprint density at radius 1 is 0.228 bits per heavy atom. The molecule has 79 heavy (non-hydrogen) atoms. The van der Waals surface area contributed by atoms with Crippen LogP contribution in [0.2, 0.25) is 0 Å². The Hall–Kier alpha value is -10.2. The summed E-state index contributed by atoms with van der Waals surface area (Å²) < 4.78 is 2.46. The summed E-state index contributed by atoms with van der Waals surface area (Å²) in [5, 5.41) is 7.39. The Bertz CT molecular complexity index is 4200. The standard InChI is InChI=1S/C76H55N3/c1-52-44-58(48-65(46-52)77(60-24-10-4-11-25-60)61-26-12-5-13-27-61)56-38-42-73-71(50-56)72-51-57(59-45-53(2)47-66(49-59)78(62-28-14-6-15-29-62)63-30-16-7-17-31-63)39-43-74(72)79(73)64-40-36-55(37-41-64)76-69-34-20-18-32-67(69)75(54-22-8-3-9-23-54)68-33-19-21-35-70(68)76/h3-51H,1-2H3. The molecule has 1 aromatic heterocycles. The third kappa shape index (κ3) is 8.68. The Labute approximate surface area is 461 Å². The molecule has 0 aliphatic heterocycles. The van der Waals surface area contributed by atoms with Crippen LogP contribution in [0.1, 0.15) is 11.1 Å². The SMILES string of the molecule is Cc1cc(-c2ccc3c(c2)c2cc(-c4cc(C)cc(N(c5ccccc5)c5ccccc5)c4)ccc2n3-c2ccc(-c3c4ccccc4c(-c4ccccc4)c4ccccc34)cc2)cc(N(c2ccccc2)c2ccccc2)c1. The molecule has 3 heteroatoms. The van der Waals surface area contributed by atoms with Crippen LogP contribution in [0.3, 0.4) is 0 Å². The molecule has 14 rings (SSSR count). The number of anilines is 6. The summed E-state index contributed by atoms with van der Waals surface area (Å²) >= 11 is 0. The molecule has 0 bridgehead atoms. The van der Waals surface area contributed by atoms with Crippen LogP contribution >= 0.6 is 0 Å². The van der Waals surface area contributed by atoms with E-state index in [-0.39, 0.29) is 0 Å². The fraction of sp³-hybridized carbons (Fsp3) is 0.0263. The van der Waals surface area contributed by atoms with Gasteiger partial charge < -0.3 is 14.4 Å². The van der Waals surface area contributed by atoms with Crippen molar-refractivity contribution in [3.05, 3.63) is 308 Å². The van der Waals surface area contributed by atoms with Gasteiger partial charge in [-0.15, -0.1) is 0 Å². The molecule has 0 aliphatic rings. The van der Waals surface area contributed by atoms with Crippen LogP contribution in [0.4, 0.5) is 34.1 Å². The number of aryl methyl sites for hydroxylation is 2. The second-order valence-corrected chi connectivity index (χ2v) is 20.7. The predicted octanol–water partition coefficient (Wildman–Crippen LogP) is 21.3. The minimum Gasteiger partial charge on any atom is -0.310 e. The first-order valence-electron chi connectivity index (χ1n) is 27.2. The molecule has 0 amide bonds. The van der Waals surface area contributed by atoms with Crippen molar-refractivity contribution in [3.63, 3.8) is 0 Å². The van der Waals surface area contributed by atoms with Crippen LogP contribution in [0.15, 0.2) is 297 Å². The number of nitrogens with zero attached hydrogens (tertiary/aromatic N) is 3. The number of rotatable bonds is 11. The highest BCUT2D eigenvalue weighted by Gasteiger charge is 2.21. The average Bonchev–Trinajstić information content (AvgIpc) is 4.06. The van der Waals surface area contributed by atoms with Crippen molar-refractivity contribution < 1.29 is 0 Å². The smallest absolute Gasteiger partial charge is 0.0541 e. The fourth-order valence-electron chi connectivity index (χ4n) is 12.1. The lowest BCUT2D eigenvalue weighted by atomic mass is 9.86. The van der Waals surface area contributed by atoms with Gasteiger partial charge in [0.1, 0.15) is 0 Å². The van der Waals surface area contributed by atoms with E-state index in [1.165, 1.54) is 65.7 Å². The monoisotopic (exact) mass is 1010 g/mol. The van der Waals surface area contributed by atoms with E-state index in [9.17, 15) is 0 Å². The van der Waals surface area contributed by atoms with Gasteiger partial charge in [-0.2, -0.15) is 0 Å². The second kappa shape index (κ2) is 20.1. The Morgan fingerprint density at radius 3 is 0.911 bits per heavy atom. The van der Waals surface area contributed by atoms with Crippen molar-refractivity contribution in [2.45, 2.75) is 13.8 Å². The molecular formula is C76H55N3. The quantitative estimate of drug-likeness (QED) is 0.120. The van der Waals surface area contributed by atoms with Crippen molar-refractivity contribution in [2.24, 2.45) is 0 Å². The summed E-state index contributed by atoms with van der Waals surface area (Å²) in [5.74, 6) is 0. The van der Waals surface area contributed by atoms with Gasteiger partial charge in [-0.25, -0.2) is 0 Å². The number of hydrogen-bond acceptors (Lipinski definition) is 2. The molecule has 0 saturated carbocycles. The van der Waals surface area contributed by atoms with Gasteiger partial charge in [0, 0.05) is 50.6 Å². The first-order chi connectivity index (χ1) is 39.0. The van der Waals surface area contributed by atoms with Crippen LogP contribution < -0.4 is 9.80 Å². The number of hydrogen-bond donors (Lipinski definition) is 0. The molecule has 1 heterocycles. The molecule has 0 atom stereocenters. The van der Waals surface area contributed by atoms with Crippen molar-refractivity contribution in [1.82, 2.24) is 4.57 Å². The zero-order chi connectivity index (χ0) is 52.8. The van der Waals surface area contributed by atoms with Gasteiger partial charge in [0.05, 0.1) is 11.0 Å². The minimum atomic E-state index is 1.11. The van der Waals surface area contributed by atoms with Crippen LogP contribution in [-0.4, -0.2) is 4.57 Å². The Morgan fingerprint density at radius 2 is 0.544 bits per heavy atom. The van der Waals surface area contributed by atoms with E-state index in [2.05, 4.69) is 325 Å². The maximum absolute atomic E-state index is 2.46. The highest BCUT2D eigenvalue weighted by Crippen LogP contribution is 2.46. The second-order valence-electron chi connectivity index (χ2n) is 20.7. The molecule has 0 unspecified atom stereocenters. The minimum absolute atomic E-state index is 1.11. The summed E-state index contributed by atoms with van der Waals surface area (Å²) in [5.41, 5.74) is 22.1. The molecule has 374 valence electrons. The van der Waals surface area contributed by atoms with Crippen molar-refractivity contribution >= 4 is 77.5 Å². The lowest BCUT2D eigenvalue weighted by molar-refractivity contribution is 1.18. The molecule has 14 aromatic rings. The van der Waals surface area contributed by atoms with Gasteiger partial charge in [-0.3, -0.25) is 0 Å². The van der Waals surface area contributed by atoms with Crippen molar-refractivity contribution in [3.8, 4) is 50.2 Å². The molecule has 13 aromatic carbocycles. The van der Waals surface area contributed by atoms with Gasteiger partial charge in [0.2, 0.25) is 0 Å².